The van der Waals surface area contributed by atoms with Gasteiger partial charge in [0, 0.05) is 0 Å². The van der Waals surface area contributed by atoms with Crippen LogP contribution in [0.4, 0.5) is 0 Å². The van der Waals surface area contributed by atoms with Crippen LogP contribution in [0.25, 0.3) is 0 Å². The summed E-state index contributed by atoms with van der Waals surface area (Å²) in [5.41, 5.74) is 5.30. The fraction of sp³-hybridized carbons (Fsp3) is 0.667. The Labute approximate surface area is 174 Å². The fourth-order valence-corrected chi connectivity index (χ4v) is 3.01. The largest absolute Gasteiger partial charge is 0.475 e. The molecule has 17 nitrogen and oxygen atoms in total. The van der Waals surface area contributed by atoms with E-state index in [0.29, 0.717) is 6.08 Å². The zero-order chi connectivity index (χ0) is 24.1. The number of carbonyl (C=O) groups excluding carboxylic acids is 1. The van der Waals surface area contributed by atoms with Gasteiger partial charge in [0.15, 0.2) is 6.10 Å². The second-order valence-electron chi connectivity index (χ2n) is 5.89. The zero-order valence-electron chi connectivity index (χ0n) is 15.1. The lowest BCUT2D eigenvalue weighted by Crippen LogP contribution is -2.56. The lowest BCUT2D eigenvalue weighted by Gasteiger charge is -2.37. The lowest BCUT2D eigenvalue weighted by atomic mass is 10.0. The molecule has 0 spiro atoms. The molecule has 0 aromatic carbocycles. The number of carboxylic acid groups (broad SMARTS) is 1. The molecule has 8 N–H and O–H groups in total. The summed E-state index contributed by atoms with van der Waals surface area (Å²) in [4.78, 5) is 22.0. The van der Waals surface area contributed by atoms with E-state index >= 15 is 0 Å². The number of nitrogens with two attached hydrogens (primary N) is 1. The number of aldehydes is 1. The van der Waals surface area contributed by atoms with Gasteiger partial charge < -0.3 is 40.4 Å². The summed E-state index contributed by atoms with van der Waals surface area (Å²) < 4.78 is 78.7. The van der Waals surface area contributed by atoms with Gasteiger partial charge in [-0.15, -0.1) is 0 Å². The van der Waals surface area contributed by atoms with Crippen LogP contribution in [0, 0.1) is 0 Å². The molecule has 0 radical (unpaired) electrons. The number of rotatable bonds is 12. The smallest absolute Gasteiger partial charge is 0.397 e. The second kappa shape index (κ2) is 10.7. The van der Waals surface area contributed by atoms with E-state index in [9.17, 15) is 41.7 Å². The Morgan fingerprint density at radius 2 is 1.81 bits per heavy atom. The Bertz CT molecular complexity index is 884. The highest BCUT2D eigenvalue weighted by atomic mass is 32.3. The van der Waals surface area contributed by atoms with Crippen LogP contribution in [0.1, 0.15) is 0 Å². The van der Waals surface area contributed by atoms with Crippen LogP contribution in [-0.4, -0.2) is 108 Å². The number of carbonyl (C=O) groups is 2. The average Bonchev–Trinajstić information content (AvgIpc) is 2.63. The van der Waals surface area contributed by atoms with Gasteiger partial charge in [-0.1, -0.05) is 0 Å². The van der Waals surface area contributed by atoms with Crippen molar-refractivity contribution in [3.8, 4) is 0 Å². The van der Waals surface area contributed by atoms with Gasteiger partial charge in [-0.25, -0.2) is 13.2 Å². The summed E-state index contributed by atoms with van der Waals surface area (Å²) >= 11 is 0. The first-order valence-electron chi connectivity index (χ1n) is 7.85. The van der Waals surface area contributed by atoms with E-state index in [1.165, 1.54) is 0 Å². The van der Waals surface area contributed by atoms with Crippen LogP contribution in [-0.2, 0) is 48.2 Å². The van der Waals surface area contributed by atoms with Crippen LogP contribution < -0.4 is 5.73 Å². The molecule has 0 bridgehead atoms. The molecule has 7 atom stereocenters. The Morgan fingerprint density at radius 3 is 2.26 bits per heavy atom. The summed E-state index contributed by atoms with van der Waals surface area (Å²) in [5, 5.41) is 39.1. The van der Waals surface area contributed by atoms with Gasteiger partial charge in [0.25, 0.3) is 0 Å². The van der Waals surface area contributed by atoms with E-state index in [2.05, 4.69) is 8.37 Å². The number of aliphatic hydroxyl groups excluding tert-OH is 3. The first-order valence-corrected chi connectivity index (χ1v) is 10.6. The van der Waals surface area contributed by atoms with Crippen molar-refractivity contribution in [3.63, 3.8) is 0 Å². The van der Waals surface area contributed by atoms with Crippen molar-refractivity contribution >= 4 is 33.1 Å². The maximum Gasteiger partial charge on any atom is 0.397 e. The number of ether oxygens (including phenoxy) is 2. The van der Waals surface area contributed by atoms with Gasteiger partial charge in [-0.2, -0.15) is 16.8 Å². The van der Waals surface area contributed by atoms with E-state index in [1.54, 1.807) is 0 Å². The van der Waals surface area contributed by atoms with Crippen molar-refractivity contribution in [3.05, 3.63) is 11.8 Å². The fourth-order valence-electron chi connectivity index (χ4n) is 2.22. The predicted molar refractivity (Wildman–Crippen MR) is 91.4 cm³/mol. The molecule has 1 aliphatic heterocycles. The molecular formula is C12H19NO16S2. The van der Waals surface area contributed by atoms with E-state index < -0.39 is 82.0 Å². The summed E-state index contributed by atoms with van der Waals surface area (Å²) in [5.74, 6) is -2.79. The SMILES string of the molecule is N[C@@H](C=O)[C@@H](O)[C@H](O[C@@H]1OC(C(=O)O)=C[C@H](O)[C@H]1OS(=O)(=O)O)[C@H](O)COS(=O)(=O)O. The van der Waals surface area contributed by atoms with Gasteiger partial charge in [0.05, 0.1) is 12.6 Å². The molecule has 1 heterocycles. The molecule has 1 rings (SSSR count). The molecular weight excluding hydrogens is 478 g/mol. The molecule has 0 aliphatic carbocycles. The second-order valence-corrected chi connectivity index (χ2v) is 8.02. The van der Waals surface area contributed by atoms with Crippen molar-refractivity contribution in [2.75, 3.05) is 6.61 Å². The quantitative estimate of drug-likeness (QED) is 0.0984. The minimum atomic E-state index is -5.29. The number of carboxylic acids is 1. The van der Waals surface area contributed by atoms with Crippen LogP contribution >= 0.6 is 0 Å². The number of hydrogen-bond acceptors (Lipinski definition) is 14. The minimum absolute atomic E-state index is 0.0251. The molecule has 0 saturated carbocycles. The van der Waals surface area contributed by atoms with Crippen molar-refractivity contribution in [2.24, 2.45) is 5.73 Å². The van der Waals surface area contributed by atoms with Crippen LogP contribution in [0.5, 0.6) is 0 Å². The Hall–Kier alpha value is -1.78. The minimum Gasteiger partial charge on any atom is -0.475 e. The third-order valence-electron chi connectivity index (χ3n) is 3.56. The number of hydrogen-bond donors (Lipinski definition) is 7. The van der Waals surface area contributed by atoms with Gasteiger partial charge in [-0.05, 0) is 6.08 Å². The molecule has 0 amide bonds. The standard InChI is InChI=1S/C12H19NO16S2/c13-4(2-14)8(17)9(6(16)3-26-30(20,21)22)28-12-10(29-31(23,24)25)5(15)1-7(27-12)11(18)19/h1-2,4-6,8-10,12,15-17H,3,13H2,(H,18,19)(H,20,21,22)(H,23,24,25)/t4-,5-,6+,8+,9+,10+,12-/m0/s1. The molecule has 19 heteroatoms. The summed E-state index contributed by atoms with van der Waals surface area (Å²) in [6, 6.07) is -1.80. The van der Waals surface area contributed by atoms with Gasteiger partial charge in [0.2, 0.25) is 12.0 Å². The summed E-state index contributed by atoms with van der Waals surface area (Å²) in [7, 11) is -10.4. The normalized spacial score (nSPS) is 26.1. The molecule has 31 heavy (non-hydrogen) atoms. The summed E-state index contributed by atoms with van der Waals surface area (Å²) in [6.07, 6.45) is -12.8. The lowest BCUT2D eigenvalue weighted by molar-refractivity contribution is -0.250. The van der Waals surface area contributed by atoms with Crippen molar-refractivity contribution < 1.29 is 73.8 Å². The molecule has 0 saturated heterocycles. The van der Waals surface area contributed by atoms with Crippen LogP contribution in [0.2, 0.25) is 0 Å². The van der Waals surface area contributed by atoms with E-state index in [1.807, 2.05) is 0 Å². The third-order valence-corrected chi connectivity index (χ3v) is 4.46. The Kier molecular flexibility index (Phi) is 9.40. The van der Waals surface area contributed by atoms with Gasteiger partial charge >= 0.3 is 26.8 Å². The zero-order valence-corrected chi connectivity index (χ0v) is 16.7. The number of aliphatic carboxylic acids is 1. The monoisotopic (exact) mass is 497 g/mol. The first-order chi connectivity index (χ1) is 14.1. The molecule has 180 valence electrons. The predicted octanol–water partition coefficient (Wildman–Crippen LogP) is -4.69. The highest BCUT2D eigenvalue weighted by Gasteiger charge is 2.45. The first kappa shape index (κ1) is 27.3. The van der Waals surface area contributed by atoms with Crippen molar-refractivity contribution in [1.29, 1.82) is 0 Å². The Balaban J connectivity index is 3.27. The third kappa shape index (κ3) is 8.70. The van der Waals surface area contributed by atoms with E-state index in [0.717, 1.165) is 0 Å². The highest BCUT2D eigenvalue weighted by molar-refractivity contribution is 7.81. The van der Waals surface area contributed by atoms with E-state index in [-0.39, 0.29) is 6.29 Å². The van der Waals surface area contributed by atoms with Gasteiger partial charge in [-0.3, -0.25) is 9.11 Å². The highest BCUT2D eigenvalue weighted by Crippen LogP contribution is 2.26. The maximum absolute atomic E-state index is 11.1. The molecule has 0 aromatic rings. The molecule has 0 unspecified atom stereocenters. The van der Waals surface area contributed by atoms with Crippen molar-refractivity contribution in [2.45, 2.75) is 42.9 Å². The van der Waals surface area contributed by atoms with Crippen LogP contribution in [0.3, 0.4) is 0 Å². The maximum atomic E-state index is 11.1. The number of aliphatic hydroxyl groups is 3. The average molecular weight is 497 g/mol. The van der Waals surface area contributed by atoms with E-state index in [4.69, 9.17) is 29.4 Å². The van der Waals surface area contributed by atoms with Gasteiger partial charge in [0.1, 0.15) is 30.7 Å². The molecule has 0 aromatic heterocycles. The Morgan fingerprint density at radius 1 is 1.23 bits per heavy atom. The molecule has 1 aliphatic rings. The van der Waals surface area contributed by atoms with Crippen molar-refractivity contribution in [1.82, 2.24) is 0 Å². The summed E-state index contributed by atoms with van der Waals surface area (Å²) in [6.45, 7) is -1.30. The van der Waals surface area contributed by atoms with Crippen LogP contribution in [0.15, 0.2) is 11.8 Å². The molecule has 0 fully saturated rings. The topological polar surface area (TPSA) is 287 Å².